The molecule has 18 heavy (non-hydrogen) atoms. The predicted octanol–water partition coefficient (Wildman–Crippen LogP) is 4.83. The molecule has 3 heteroatoms. The highest BCUT2D eigenvalue weighted by Crippen LogP contribution is 2.51. The van der Waals surface area contributed by atoms with Crippen LogP contribution < -0.4 is 5.73 Å². The van der Waals surface area contributed by atoms with Crippen molar-refractivity contribution in [2.75, 3.05) is 6.54 Å². The number of rotatable bonds is 6. The number of thiophene rings is 2. The molecule has 0 fully saturated rings. The summed E-state index contributed by atoms with van der Waals surface area (Å²) in [5.41, 5.74) is 8.70. The first kappa shape index (κ1) is 12.4. The number of unbranched alkanes of at least 4 members (excludes halogenated alkanes) is 3. The van der Waals surface area contributed by atoms with Gasteiger partial charge in [0.25, 0.3) is 0 Å². The molecule has 2 aromatic rings. The van der Waals surface area contributed by atoms with Gasteiger partial charge < -0.3 is 5.73 Å². The minimum atomic E-state index is 0.672. The summed E-state index contributed by atoms with van der Waals surface area (Å²) in [6.45, 7) is 0.840. The van der Waals surface area contributed by atoms with Crippen LogP contribution in [0.4, 0.5) is 0 Å². The Morgan fingerprint density at radius 2 is 1.50 bits per heavy atom. The van der Waals surface area contributed by atoms with E-state index in [9.17, 15) is 0 Å². The van der Waals surface area contributed by atoms with Gasteiger partial charge in [-0.2, -0.15) is 0 Å². The zero-order chi connectivity index (χ0) is 12.4. The third-order valence-corrected chi connectivity index (χ3v) is 5.82. The fourth-order valence-corrected chi connectivity index (χ4v) is 5.01. The Morgan fingerprint density at radius 3 is 2.11 bits per heavy atom. The van der Waals surface area contributed by atoms with Crippen molar-refractivity contribution in [3.63, 3.8) is 0 Å². The van der Waals surface area contributed by atoms with Gasteiger partial charge in [-0.05, 0) is 53.4 Å². The summed E-state index contributed by atoms with van der Waals surface area (Å²) in [5, 5.41) is 4.49. The normalized spacial score (nSPS) is 13.8. The Bertz CT molecular complexity index is 472. The van der Waals surface area contributed by atoms with Crippen LogP contribution in [-0.4, -0.2) is 6.54 Å². The molecule has 0 aliphatic heterocycles. The Kier molecular flexibility index (Phi) is 3.83. The van der Waals surface area contributed by atoms with Gasteiger partial charge in [0.2, 0.25) is 0 Å². The maximum absolute atomic E-state index is 5.53. The van der Waals surface area contributed by atoms with E-state index >= 15 is 0 Å². The van der Waals surface area contributed by atoms with Crippen molar-refractivity contribution >= 4 is 22.7 Å². The van der Waals surface area contributed by atoms with Crippen LogP contribution in [0.5, 0.6) is 0 Å². The molecule has 2 heterocycles. The van der Waals surface area contributed by atoms with E-state index in [2.05, 4.69) is 22.9 Å². The van der Waals surface area contributed by atoms with E-state index in [0.717, 1.165) is 6.54 Å². The number of hydrogen-bond acceptors (Lipinski definition) is 3. The van der Waals surface area contributed by atoms with Gasteiger partial charge in [-0.3, -0.25) is 0 Å². The molecule has 0 bridgehead atoms. The molecule has 3 rings (SSSR count). The molecule has 0 radical (unpaired) electrons. The van der Waals surface area contributed by atoms with Crippen LogP contribution in [-0.2, 0) is 0 Å². The first-order chi connectivity index (χ1) is 8.92. The Balaban J connectivity index is 1.67. The van der Waals surface area contributed by atoms with Gasteiger partial charge in [0, 0.05) is 15.7 Å². The average Bonchev–Trinajstić information content (AvgIpc) is 3.03. The number of hydrogen-bond donors (Lipinski definition) is 1. The molecule has 0 amide bonds. The molecule has 0 atom stereocenters. The summed E-state index contributed by atoms with van der Waals surface area (Å²) in [7, 11) is 0. The van der Waals surface area contributed by atoms with Crippen molar-refractivity contribution in [3.8, 4) is 9.75 Å². The van der Waals surface area contributed by atoms with Crippen LogP contribution in [0, 0.1) is 0 Å². The SMILES string of the molecule is NCCCCCCC1c2ccsc2-c2sccc21. The first-order valence-electron chi connectivity index (χ1n) is 6.77. The molecular formula is C15H19NS2. The van der Waals surface area contributed by atoms with Crippen LogP contribution in [0.25, 0.3) is 9.75 Å². The molecule has 0 saturated carbocycles. The van der Waals surface area contributed by atoms with E-state index in [1.807, 2.05) is 22.7 Å². The molecule has 0 aromatic carbocycles. The van der Waals surface area contributed by atoms with Gasteiger partial charge in [0.1, 0.15) is 0 Å². The summed E-state index contributed by atoms with van der Waals surface area (Å²) in [6, 6.07) is 4.66. The van der Waals surface area contributed by atoms with Crippen molar-refractivity contribution in [2.45, 2.75) is 38.0 Å². The van der Waals surface area contributed by atoms with Gasteiger partial charge in [0.15, 0.2) is 0 Å². The van der Waals surface area contributed by atoms with Gasteiger partial charge in [0.05, 0.1) is 0 Å². The van der Waals surface area contributed by atoms with E-state index in [4.69, 9.17) is 5.73 Å². The van der Waals surface area contributed by atoms with E-state index < -0.39 is 0 Å². The van der Waals surface area contributed by atoms with E-state index in [-0.39, 0.29) is 0 Å². The smallest absolute Gasteiger partial charge is 0.0483 e. The van der Waals surface area contributed by atoms with E-state index in [0.29, 0.717) is 5.92 Å². The highest BCUT2D eigenvalue weighted by molar-refractivity contribution is 7.20. The second-order valence-electron chi connectivity index (χ2n) is 4.95. The predicted molar refractivity (Wildman–Crippen MR) is 81.6 cm³/mol. The maximum atomic E-state index is 5.53. The van der Waals surface area contributed by atoms with Crippen LogP contribution in [0.3, 0.4) is 0 Å². The lowest BCUT2D eigenvalue weighted by Crippen LogP contribution is -1.98. The molecule has 96 valence electrons. The minimum absolute atomic E-state index is 0.672. The van der Waals surface area contributed by atoms with Crippen molar-refractivity contribution in [1.29, 1.82) is 0 Å². The van der Waals surface area contributed by atoms with Crippen molar-refractivity contribution in [3.05, 3.63) is 34.0 Å². The summed E-state index contributed by atoms with van der Waals surface area (Å²) >= 11 is 3.81. The molecule has 0 spiro atoms. The second kappa shape index (κ2) is 5.55. The second-order valence-corrected chi connectivity index (χ2v) is 6.79. The fraction of sp³-hybridized carbons (Fsp3) is 0.467. The number of fused-ring (bicyclic) bond motifs is 3. The fourth-order valence-electron chi connectivity index (χ4n) is 2.88. The van der Waals surface area contributed by atoms with Crippen molar-refractivity contribution in [1.82, 2.24) is 0 Å². The topological polar surface area (TPSA) is 26.0 Å². The van der Waals surface area contributed by atoms with Crippen molar-refractivity contribution in [2.24, 2.45) is 5.73 Å². The third-order valence-electron chi connectivity index (χ3n) is 3.80. The minimum Gasteiger partial charge on any atom is -0.330 e. The molecule has 0 unspecified atom stereocenters. The van der Waals surface area contributed by atoms with Gasteiger partial charge in [-0.1, -0.05) is 19.3 Å². The van der Waals surface area contributed by atoms with Gasteiger partial charge in [-0.25, -0.2) is 0 Å². The third kappa shape index (κ3) is 2.15. The Hall–Kier alpha value is -0.640. The molecule has 1 aliphatic rings. The lowest BCUT2D eigenvalue weighted by molar-refractivity contribution is 0.592. The molecule has 1 aliphatic carbocycles. The summed E-state index contributed by atoms with van der Waals surface area (Å²) in [6.07, 6.45) is 6.42. The largest absolute Gasteiger partial charge is 0.330 e. The summed E-state index contributed by atoms with van der Waals surface area (Å²) in [4.78, 5) is 3.07. The average molecular weight is 277 g/mol. The zero-order valence-corrected chi connectivity index (χ0v) is 12.2. The summed E-state index contributed by atoms with van der Waals surface area (Å²) in [5.74, 6) is 0.672. The quantitative estimate of drug-likeness (QED) is 0.752. The van der Waals surface area contributed by atoms with Gasteiger partial charge in [-0.15, -0.1) is 22.7 Å². The summed E-state index contributed by atoms with van der Waals surface area (Å²) < 4.78 is 0. The van der Waals surface area contributed by atoms with Crippen molar-refractivity contribution < 1.29 is 0 Å². The zero-order valence-electron chi connectivity index (χ0n) is 10.5. The van der Waals surface area contributed by atoms with E-state index in [1.54, 1.807) is 11.1 Å². The molecule has 0 saturated heterocycles. The van der Waals surface area contributed by atoms with Crippen LogP contribution in [0.1, 0.15) is 49.1 Å². The lowest BCUT2D eigenvalue weighted by atomic mass is 9.93. The number of nitrogens with two attached hydrogens (primary N) is 1. The highest BCUT2D eigenvalue weighted by atomic mass is 32.1. The Labute approximate surface area is 117 Å². The van der Waals surface area contributed by atoms with Crippen LogP contribution in [0.2, 0.25) is 0 Å². The highest BCUT2D eigenvalue weighted by Gasteiger charge is 2.30. The van der Waals surface area contributed by atoms with E-state index in [1.165, 1.54) is 41.9 Å². The molecule has 1 nitrogen and oxygen atoms in total. The molecular weight excluding hydrogens is 258 g/mol. The maximum Gasteiger partial charge on any atom is 0.0483 e. The first-order valence-corrected chi connectivity index (χ1v) is 8.53. The lowest BCUT2D eigenvalue weighted by Gasteiger charge is -2.11. The van der Waals surface area contributed by atoms with Gasteiger partial charge >= 0.3 is 0 Å². The standard InChI is InChI=1S/C15H19NS2/c16-8-4-2-1-3-5-11-12-6-9-17-14(12)15-13(11)7-10-18-15/h6-7,9-11H,1-5,8,16H2. The van der Waals surface area contributed by atoms with Crippen LogP contribution >= 0.6 is 22.7 Å². The monoisotopic (exact) mass is 277 g/mol. The van der Waals surface area contributed by atoms with Crippen LogP contribution in [0.15, 0.2) is 22.9 Å². The molecule has 2 N–H and O–H groups in total. The molecule has 2 aromatic heterocycles. The Morgan fingerprint density at radius 1 is 0.889 bits per heavy atom.